The summed E-state index contributed by atoms with van der Waals surface area (Å²) in [6.45, 7) is 5.04. The van der Waals surface area contributed by atoms with Gasteiger partial charge in [0.05, 0.1) is 25.6 Å². The standard InChI is InChI=1S/C22H34F3N4O3/c1-15-14-32-10-7-19(15)27(2)8-4-5-18(26)21(30)28-9-6-20-16(12-28)11-17(22(23,24)25)13-29(20)31-3/h11,13,15,18-19H,4-10,12,14,26H2,1-3H3/q+1/t15?,18-,19?/m1/s1. The molecule has 1 saturated heterocycles. The number of amides is 1. The molecule has 0 radical (unpaired) electrons. The van der Waals surface area contributed by atoms with E-state index >= 15 is 0 Å². The minimum Gasteiger partial charge on any atom is -0.381 e. The maximum atomic E-state index is 13.2. The number of nitrogens with zero attached hydrogens (tertiary/aromatic N) is 3. The minimum atomic E-state index is -4.49. The number of pyridine rings is 1. The van der Waals surface area contributed by atoms with Crippen LogP contribution in [0.25, 0.3) is 0 Å². The fourth-order valence-electron chi connectivity index (χ4n) is 4.70. The van der Waals surface area contributed by atoms with Crippen LogP contribution in [0.4, 0.5) is 13.2 Å². The quantitative estimate of drug-likeness (QED) is 0.625. The number of halogens is 3. The fraction of sp³-hybridized carbons (Fsp3) is 0.727. The van der Waals surface area contributed by atoms with Gasteiger partial charge in [0.1, 0.15) is 12.7 Å². The normalized spacial score (nSPS) is 22.6. The molecule has 3 heterocycles. The van der Waals surface area contributed by atoms with Gasteiger partial charge in [-0.3, -0.25) is 9.63 Å². The Morgan fingerprint density at radius 2 is 2.22 bits per heavy atom. The van der Waals surface area contributed by atoms with Crippen molar-refractivity contribution in [1.82, 2.24) is 9.80 Å². The number of hydrogen-bond acceptors (Lipinski definition) is 5. The van der Waals surface area contributed by atoms with Crippen molar-refractivity contribution >= 4 is 5.91 Å². The zero-order valence-electron chi connectivity index (χ0n) is 19.0. The minimum absolute atomic E-state index is 0.0919. The third-order valence-electron chi connectivity index (χ3n) is 6.54. The van der Waals surface area contributed by atoms with Gasteiger partial charge in [-0.1, -0.05) is 6.92 Å². The molecule has 0 bridgehead atoms. The average Bonchev–Trinajstić information content (AvgIpc) is 2.76. The molecule has 2 aliphatic rings. The Hall–Kier alpha value is -1.91. The van der Waals surface area contributed by atoms with Crippen LogP contribution in [0.5, 0.6) is 0 Å². The number of nitrogens with two attached hydrogens (primary N) is 1. The second-order valence-corrected chi connectivity index (χ2v) is 8.85. The number of aromatic nitrogens is 1. The molecule has 0 spiro atoms. The van der Waals surface area contributed by atoms with E-state index in [2.05, 4.69) is 18.9 Å². The highest BCUT2D eigenvalue weighted by Crippen LogP contribution is 2.30. The van der Waals surface area contributed by atoms with Crippen LogP contribution in [0, 0.1) is 5.92 Å². The number of hydrogen-bond donors (Lipinski definition) is 1. The lowest BCUT2D eigenvalue weighted by Gasteiger charge is -2.36. The fourth-order valence-corrected chi connectivity index (χ4v) is 4.70. The molecule has 1 aromatic rings. The molecule has 0 aliphatic carbocycles. The van der Waals surface area contributed by atoms with Crippen LogP contribution in [0.15, 0.2) is 12.3 Å². The first-order chi connectivity index (χ1) is 15.1. The largest absolute Gasteiger partial charge is 0.422 e. The molecule has 2 aliphatic heterocycles. The molecule has 7 nitrogen and oxygen atoms in total. The highest BCUT2D eigenvalue weighted by Gasteiger charge is 2.38. The van der Waals surface area contributed by atoms with Gasteiger partial charge in [-0.15, -0.1) is 0 Å². The predicted molar refractivity (Wildman–Crippen MR) is 111 cm³/mol. The van der Waals surface area contributed by atoms with Gasteiger partial charge in [0.2, 0.25) is 17.8 Å². The van der Waals surface area contributed by atoms with Crippen molar-refractivity contribution in [1.29, 1.82) is 0 Å². The van der Waals surface area contributed by atoms with Gasteiger partial charge in [-0.05, 0) is 44.8 Å². The third kappa shape index (κ3) is 5.71. The van der Waals surface area contributed by atoms with E-state index in [-0.39, 0.29) is 12.5 Å². The Morgan fingerprint density at radius 1 is 1.47 bits per heavy atom. The molecule has 2 N–H and O–H groups in total. The van der Waals surface area contributed by atoms with Crippen molar-refractivity contribution in [3.8, 4) is 0 Å². The van der Waals surface area contributed by atoms with Gasteiger partial charge in [-0.2, -0.15) is 13.2 Å². The Labute approximate surface area is 187 Å². The average molecular weight is 460 g/mol. The van der Waals surface area contributed by atoms with Gasteiger partial charge in [0.15, 0.2) is 0 Å². The Morgan fingerprint density at radius 3 is 2.88 bits per heavy atom. The second kappa shape index (κ2) is 10.4. The van der Waals surface area contributed by atoms with E-state index < -0.39 is 17.8 Å². The number of fused-ring (bicyclic) bond motifs is 1. The molecule has 3 atom stereocenters. The van der Waals surface area contributed by atoms with E-state index in [1.54, 1.807) is 4.90 Å². The number of carbonyl (C=O) groups excluding carboxylic acids is 1. The van der Waals surface area contributed by atoms with E-state index in [1.165, 1.54) is 7.11 Å². The lowest BCUT2D eigenvalue weighted by Crippen LogP contribution is -2.52. The highest BCUT2D eigenvalue weighted by molar-refractivity contribution is 5.81. The molecule has 0 saturated carbocycles. The topological polar surface area (TPSA) is 71.9 Å². The molecule has 10 heteroatoms. The van der Waals surface area contributed by atoms with E-state index in [4.69, 9.17) is 15.3 Å². The van der Waals surface area contributed by atoms with Crippen LogP contribution in [0.3, 0.4) is 0 Å². The number of carbonyl (C=O) groups is 1. The summed E-state index contributed by atoms with van der Waals surface area (Å²) in [5.74, 6) is 0.244. The van der Waals surface area contributed by atoms with E-state index in [0.29, 0.717) is 42.6 Å². The first-order valence-electron chi connectivity index (χ1n) is 11.1. The van der Waals surface area contributed by atoms with Gasteiger partial charge >= 0.3 is 6.18 Å². The Balaban J connectivity index is 1.57. The van der Waals surface area contributed by atoms with Crippen molar-refractivity contribution in [2.45, 2.75) is 57.4 Å². The SMILES string of the molecule is CO[n+]1cc(C(F)(F)F)cc2c1CCN(C(=O)[C@H](N)CCCN(C)C1CCOCC1C)C2. The van der Waals surface area contributed by atoms with E-state index in [1.807, 2.05) is 0 Å². The Bertz CT molecular complexity index is 805. The lowest BCUT2D eigenvalue weighted by atomic mass is 9.96. The summed E-state index contributed by atoms with van der Waals surface area (Å²) >= 11 is 0. The third-order valence-corrected chi connectivity index (χ3v) is 6.54. The number of ether oxygens (including phenoxy) is 1. The maximum absolute atomic E-state index is 13.2. The summed E-state index contributed by atoms with van der Waals surface area (Å²) in [6.07, 6.45) is -0.837. The van der Waals surface area contributed by atoms with Crippen LogP contribution in [-0.2, 0) is 28.7 Å². The molecular weight excluding hydrogens is 425 g/mol. The number of alkyl halides is 3. The second-order valence-electron chi connectivity index (χ2n) is 8.85. The maximum Gasteiger partial charge on any atom is 0.422 e. The summed E-state index contributed by atoms with van der Waals surface area (Å²) in [5, 5.41) is 0. The lowest BCUT2D eigenvalue weighted by molar-refractivity contribution is -0.891. The molecule has 1 fully saturated rings. The van der Waals surface area contributed by atoms with Crippen LogP contribution in [0.1, 0.15) is 43.0 Å². The van der Waals surface area contributed by atoms with Crippen molar-refractivity contribution in [2.75, 3.05) is 40.5 Å². The van der Waals surface area contributed by atoms with E-state index in [0.717, 1.165) is 49.6 Å². The van der Waals surface area contributed by atoms with Gasteiger partial charge < -0.3 is 20.3 Å². The molecule has 3 rings (SSSR count). The van der Waals surface area contributed by atoms with Crippen LogP contribution in [0.2, 0.25) is 0 Å². The zero-order valence-corrected chi connectivity index (χ0v) is 19.0. The van der Waals surface area contributed by atoms with Gasteiger partial charge in [0.25, 0.3) is 0 Å². The summed E-state index contributed by atoms with van der Waals surface area (Å²) in [4.78, 5) is 21.8. The smallest absolute Gasteiger partial charge is 0.381 e. The predicted octanol–water partition coefficient (Wildman–Crippen LogP) is 1.40. The highest BCUT2D eigenvalue weighted by atomic mass is 19.4. The summed E-state index contributed by atoms with van der Waals surface area (Å²) in [7, 11) is 3.41. The molecular formula is C22H34F3N4O3+. The zero-order chi connectivity index (χ0) is 23.5. The molecule has 0 aromatic carbocycles. The number of rotatable bonds is 7. The van der Waals surface area contributed by atoms with E-state index in [9.17, 15) is 18.0 Å². The monoisotopic (exact) mass is 459 g/mol. The molecule has 2 unspecified atom stereocenters. The van der Waals surface area contributed by atoms with Crippen molar-refractivity contribution in [3.05, 3.63) is 29.1 Å². The summed E-state index contributed by atoms with van der Waals surface area (Å²) in [6, 6.07) is 0.891. The molecule has 1 aromatic heterocycles. The van der Waals surface area contributed by atoms with Crippen LogP contribution >= 0.6 is 0 Å². The van der Waals surface area contributed by atoms with Gasteiger partial charge in [0, 0.05) is 29.5 Å². The summed E-state index contributed by atoms with van der Waals surface area (Å²) in [5.41, 5.74) is 6.45. The molecule has 180 valence electrons. The first-order valence-corrected chi connectivity index (χ1v) is 11.1. The van der Waals surface area contributed by atoms with Crippen LogP contribution in [-0.4, -0.2) is 68.3 Å². The van der Waals surface area contributed by atoms with Crippen molar-refractivity contribution < 1.29 is 32.3 Å². The Kier molecular flexibility index (Phi) is 8.00. The van der Waals surface area contributed by atoms with Crippen molar-refractivity contribution in [3.63, 3.8) is 0 Å². The molecule has 32 heavy (non-hydrogen) atoms. The van der Waals surface area contributed by atoms with Crippen molar-refractivity contribution in [2.24, 2.45) is 11.7 Å². The van der Waals surface area contributed by atoms with Gasteiger partial charge in [-0.25, -0.2) is 0 Å². The van der Waals surface area contributed by atoms with Crippen LogP contribution < -0.4 is 15.3 Å². The summed E-state index contributed by atoms with van der Waals surface area (Å²) < 4.78 is 46.4. The molecule has 1 amide bonds. The first kappa shape index (κ1) is 24.7.